The van der Waals surface area contributed by atoms with Crippen LogP contribution in [0.25, 0.3) is 11.0 Å². The van der Waals surface area contributed by atoms with Gasteiger partial charge in [0.25, 0.3) is 0 Å². The first-order valence-corrected chi connectivity index (χ1v) is 15.9. The number of aliphatic hydroxyl groups is 1. The fourth-order valence-electron chi connectivity index (χ4n) is 5.75. The lowest BCUT2D eigenvalue weighted by atomic mass is 10.00. The Bertz CT molecular complexity index is 1800. The van der Waals surface area contributed by atoms with Gasteiger partial charge in [-0.05, 0) is 60.4 Å². The lowest BCUT2D eigenvalue weighted by molar-refractivity contribution is -0.252. The van der Waals surface area contributed by atoms with Crippen molar-refractivity contribution in [3.8, 4) is 0 Å². The van der Waals surface area contributed by atoms with E-state index in [2.05, 4.69) is 26.3 Å². The summed E-state index contributed by atoms with van der Waals surface area (Å²) in [4.78, 5) is 29.4. The van der Waals surface area contributed by atoms with Crippen LogP contribution in [0, 0.1) is 0 Å². The Morgan fingerprint density at radius 1 is 0.830 bits per heavy atom. The van der Waals surface area contributed by atoms with Crippen molar-refractivity contribution < 1.29 is 24.2 Å². The van der Waals surface area contributed by atoms with Crippen LogP contribution in [0.15, 0.2) is 103 Å². The van der Waals surface area contributed by atoms with Gasteiger partial charge in [0.1, 0.15) is 0 Å². The number of nitrogen functional groups attached to an aromatic ring is 1. The van der Waals surface area contributed by atoms with Crippen molar-refractivity contribution in [3.63, 3.8) is 0 Å². The van der Waals surface area contributed by atoms with Crippen LogP contribution in [0.3, 0.4) is 0 Å². The Morgan fingerprint density at radius 3 is 2.26 bits per heavy atom. The molecule has 0 saturated carbocycles. The maximum absolute atomic E-state index is 12.6. The smallest absolute Gasteiger partial charge is 0.224 e. The minimum Gasteiger partial charge on any atom is -0.397 e. The van der Waals surface area contributed by atoms with Crippen LogP contribution in [-0.2, 0) is 32.2 Å². The van der Waals surface area contributed by atoms with Crippen molar-refractivity contribution in [2.24, 2.45) is 0 Å². The van der Waals surface area contributed by atoms with Crippen LogP contribution in [0.5, 0.6) is 0 Å². The van der Waals surface area contributed by atoms with E-state index >= 15 is 0 Å². The van der Waals surface area contributed by atoms with Crippen LogP contribution in [0.4, 0.5) is 17.1 Å². The Morgan fingerprint density at radius 2 is 1.51 bits per heavy atom. The molecular weight excluding hydrogens is 594 g/mol. The molecule has 242 valence electrons. The third kappa shape index (κ3) is 8.23. The highest BCUT2D eigenvalue weighted by Gasteiger charge is 2.32. The van der Waals surface area contributed by atoms with E-state index in [0.717, 1.165) is 27.7 Å². The lowest BCUT2D eigenvalue weighted by Gasteiger charge is -2.36. The van der Waals surface area contributed by atoms with Crippen LogP contribution < -0.4 is 16.4 Å². The number of hydrogen-bond acceptors (Lipinski definition) is 7. The number of imidazole rings is 1. The summed E-state index contributed by atoms with van der Waals surface area (Å²) in [5, 5.41) is 15.3. The number of aromatic nitrogens is 2. The second-order valence-electron chi connectivity index (χ2n) is 11.7. The molecule has 1 aliphatic heterocycles. The molecule has 0 bridgehead atoms. The molecule has 2 amide bonds. The van der Waals surface area contributed by atoms with Crippen LogP contribution in [0.1, 0.15) is 61.2 Å². The van der Waals surface area contributed by atoms with E-state index < -0.39 is 6.29 Å². The predicted molar refractivity (Wildman–Crippen MR) is 181 cm³/mol. The van der Waals surface area contributed by atoms with Gasteiger partial charge in [0.05, 0.1) is 54.1 Å². The summed E-state index contributed by atoms with van der Waals surface area (Å²) in [6.07, 6.45) is 3.29. The van der Waals surface area contributed by atoms with Crippen molar-refractivity contribution in [1.82, 2.24) is 9.55 Å². The number of benzene rings is 4. The number of anilines is 3. The number of para-hydroxylation sites is 4. The largest absolute Gasteiger partial charge is 0.397 e. The number of hydrogen-bond donors (Lipinski definition) is 4. The molecule has 10 heteroatoms. The number of nitrogens with zero attached hydrogens (tertiary/aromatic N) is 2. The average Bonchev–Trinajstić information content (AvgIpc) is 3.50. The summed E-state index contributed by atoms with van der Waals surface area (Å²) >= 11 is 0. The predicted octanol–water partition coefficient (Wildman–Crippen LogP) is 6.49. The minimum atomic E-state index is -0.617. The Hall–Kier alpha value is -5.03. The summed E-state index contributed by atoms with van der Waals surface area (Å²) < 4.78 is 15.1. The van der Waals surface area contributed by atoms with Crippen LogP contribution in [0.2, 0.25) is 0 Å². The molecule has 47 heavy (non-hydrogen) atoms. The maximum atomic E-state index is 12.6. The van der Waals surface area contributed by atoms with Crippen LogP contribution >= 0.6 is 0 Å². The molecule has 3 unspecified atom stereocenters. The first-order valence-electron chi connectivity index (χ1n) is 15.9. The van der Waals surface area contributed by atoms with E-state index in [0.29, 0.717) is 55.7 Å². The number of nitrogens with one attached hydrogen (secondary N) is 2. The van der Waals surface area contributed by atoms with Gasteiger partial charge >= 0.3 is 0 Å². The molecule has 1 saturated heterocycles. The summed E-state index contributed by atoms with van der Waals surface area (Å²) in [6.45, 7) is 0.598. The standard InChI is InChI=1S/C37H39N5O5/c38-30-7-1-2-8-31(30)41-36(45)12-6-5-11-35(44)40-28-19-17-27(18-20-28)37-46-29(22-42-24-39-32-9-3-4-10-33(32)42)21-34(47-37)26-15-13-25(23-43)14-16-26/h1-4,7-10,13-20,24,29,34,37,43H,5-6,11-12,21-23,38H2,(H,40,44)(H,41,45). The van der Waals surface area contributed by atoms with Gasteiger partial charge in [-0.2, -0.15) is 0 Å². The third-order valence-electron chi connectivity index (χ3n) is 8.30. The molecule has 0 spiro atoms. The molecule has 10 nitrogen and oxygen atoms in total. The number of ether oxygens (including phenoxy) is 2. The molecular formula is C37H39N5O5. The van der Waals surface area contributed by atoms with E-state index in [4.69, 9.17) is 15.2 Å². The van der Waals surface area contributed by atoms with Crippen molar-refractivity contribution in [3.05, 3.63) is 120 Å². The number of amides is 2. The molecule has 3 atom stereocenters. The number of aliphatic hydroxyl groups excluding tert-OH is 1. The highest BCUT2D eigenvalue weighted by atomic mass is 16.7. The molecule has 0 radical (unpaired) electrons. The highest BCUT2D eigenvalue weighted by Crippen LogP contribution is 2.39. The quantitative estimate of drug-likeness (QED) is 0.0909. The normalized spacial score (nSPS) is 17.8. The zero-order valence-electron chi connectivity index (χ0n) is 26.0. The molecule has 0 aliphatic carbocycles. The van der Waals surface area contributed by atoms with Gasteiger partial charge in [-0.25, -0.2) is 4.98 Å². The Labute approximate surface area is 273 Å². The van der Waals surface area contributed by atoms with E-state index in [1.54, 1.807) is 12.1 Å². The first kappa shape index (κ1) is 31.9. The Balaban J connectivity index is 1.05. The summed E-state index contributed by atoms with van der Waals surface area (Å²) in [5.74, 6) is -0.245. The topological polar surface area (TPSA) is 141 Å². The van der Waals surface area contributed by atoms with Gasteiger partial charge < -0.3 is 35.5 Å². The highest BCUT2D eigenvalue weighted by molar-refractivity contribution is 5.94. The number of rotatable bonds is 12. The molecule has 6 rings (SSSR count). The van der Waals surface area contributed by atoms with E-state index in [-0.39, 0.29) is 30.6 Å². The van der Waals surface area contributed by atoms with Gasteiger partial charge in [-0.1, -0.05) is 60.7 Å². The lowest BCUT2D eigenvalue weighted by Crippen LogP contribution is -2.32. The number of fused-ring (bicyclic) bond motifs is 1. The average molecular weight is 634 g/mol. The van der Waals surface area contributed by atoms with E-state index in [1.165, 1.54) is 0 Å². The van der Waals surface area contributed by atoms with Gasteiger partial charge in [-0.3, -0.25) is 9.59 Å². The summed E-state index contributed by atoms with van der Waals surface area (Å²) in [6, 6.07) is 30.4. The number of nitrogens with two attached hydrogens (primary N) is 1. The number of carbonyl (C=O) groups is 2. The van der Waals surface area contributed by atoms with Crippen molar-refractivity contribution >= 4 is 39.9 Å². The zero-order valence-corrected chi connectivity index (χ0v) is 26.0. The first-order chi connectivity index (χ1) is 22.9. The summed E-state index contributed by atoms with van der Waals surface area (Å²) in [7, 11) is 0. The van der Waals surface area contributed by atoms with Crippen LogP contribution in [-0.4, -0.2) is 32.6 Å². The van der Waals surface area contributed by atoms with Crippen molar-refractivity contribution in [1.29, 1.82) is 0 Å². The van der Waals surface area contributed by atoms with Gasteiger partial charge in [0.2, 0.25) is 11.8 Å². The fraction of sp³-hybridized carbons (Fsp3) is 0.270. The third-order valence-corrected chi connectivity index (χ3v) is 8.30. The minimum absolute atomic E-state index is 0.0153. The molecule has 4 aromatic carbocycles. The van der Waals surface area contributed by atoms with Crippen molar-refractivity contribution in [2.45, 2.75) is 63.8 Å². The molecule has 1 aromatic heterocycles. The molecule has 1 fully saturated rings. The molecule has 5 N–H and O–H groups in total. The Kier molecular flexibility index (Phi) is 10.2. The summed E-state index contributed by atoms with van der Waals surface area (Å²) in [5.41, 5.74) is 12.3. The monoisotopic (exact) mass is 633 g/mol. The van der Waals surface area contributed by atoms with Crippen molar-refractivity contribution in [2.75, 3.05) is 16.4 Å². The van der Waals surface area contributed by atoms with Gasteiger partial charge in [0, 0.05) is 30.5 Å². The maximum Gasteiger partial charge on any atom is 0.224 e. The van der Waals surface area contributed by atoms with E-state index in [9.17, 15) is 14.7 Å². The molecule has 1 aliphatic rings. The zero-order chi connectivity index (χ0) is 32.6. The number of unbranched alkanes of at least 4 members (excludes halogenated alkanes) is 1. The van der Waals surface area contributed by atoms with E-state index in [1.807, 2.05) is 85.2 Å². The second kappa shape index (κ2) is 15.0. The van der Waals surface area contributed by atoms with Gasteiger partial charge in [0.15, 0.2) is 6.29 Å². The molecule has 2 heterocycles. The number of carbonyl (C=O) groups excluding carboxylic acids is 2. The molecule has 5 aromatic rings. The SMILES string of the molecule is Nc1ccccc1NC(=O)CCCCC(=O)Nc1ccc(C2OC(Cn3cnc4ccccc43)CC(c3ccc(CO)cc3)O2)cc1. The second-order valence-corrected chi connectivity index (χ2v) is 11.7. The van der Waals surface area contributed by atoms with Gasteiger partial charge in [-0.15, -0.1) is 0 Å². The fourth-order valence-corrected chi connectivity index (χ4v) is 5.75.